The average molecular weight is 1100 g/mol. The van der Waals surface area contributed by atoms with Gasteiger partial charge in [0, 0.05) is 0 Å². The first-order valence-electron chi connectivity index (χ1n) is 23.6. The summed E-state index contributed by atoms with van der Waals surface area (Å²) in [4.78, 5) is 54.8. The average Bonchev–Trinajstić information content (AvgIpc) is 3.22. The molecule has 0 aromatic heterocycles. The van der Waals surface area contributed by atoms with Crippen LogP contribution in [0.5, 0.6) is 0 Å². The van der Waals surface area contributed by atoms with Gasteiger partial charge in [0.2, 0.25) is 0 Å². The van der Waals surface area contributed by atoms with Crippen LogP contribution in [-0.4, -0.2) is 66.1 Å². The normalized spacial score (nSPS) is 11.7. The van der Waals surface area contributed by atoms with Gasteiger partial charge in [0.15, 0.2) is 0 Å². The minimum absolute atomic E-state index is 0. The van der Waals surface area contributed by atoms with Crippen LogP contribution in [0.15, 0.2) is 0 Å². The van der Waals surface area contributed by atoms with Crippen LogP contribution in [-0.2, 0) is 86.6 Å². The molecule has 0 fully saturated rings. The van der Waals surface area contributed by atoms with Gasteiger partial charge in [-0.1, -0.05) is 133 Å². The smallest absolute Gasteiger partial charge is 0.756 e. The quantitative estimate of drug-likeness (QED) is 0.0407. The zero-order valence-corrected chi connectivity index (χ0v) is 47.9. The molecular formula is C40H90O20P5V. The van der Waals surface area contributed by atoms with Crippen LogP contribution in [0.2, 0.25) is 0 Å². The minimum atomic E-state index is -4.00. The first-order chi connectivity index (χ1) is 30.6. The number of phosphoric ester groups is 5. The second kappa shape index (κ2) is 55.4. The maximum Gasteiger partial charge on any atom is 5.00 e. The zero-order valence-electron chi connectivity index (χ0n) is 42.1. The molecule has 20 nitrogen and oxygen atoms in total. The van der Waals surface area contributed by atoms with Crippen LogP contribution in [0.4, 0.5) is 0 Å². The summed E-state index contributed by atoms with van der Waals surface area (Å²) in [6.45, 7) is 21.9. The molecule has 0 aromatic rings. The standard InChI is InChI=1S/5C8H19O4P.V/c5*1-3-5-7-11-13(9,10)12-8-6-4-2;/h5*3-8H2,1-2H3,(H,9,10);/q;;;;;+5/p-5. The fourth-order valence-electron chi connectivity index (χ4n) is 3.39. The van der Waals surface area contributed by atoms with Crippen molar-refractivity contribution < 1.29 is 111 Å². The molecule has 66 heavy (non-hydrogen) atoms. The summed E-state index contributed by atoms with van der Waals surface area (Å²) in [5.74, 6) is 0. The van der Waals surface area contributed by atoms with Crippen molar-refractivity contribution in [3.05, 3.63) is 0 Å². The summed E-state index contributed by atoms with van der Waals surface area (Å²) in [6, 6.07) is 0. The van der Waals surface area contributed by atoms with Crippen LogP contribution in [0.3, 0.4) is 0 Å². The summed E-state index contributed by atoms with van der Waals surface area (Å²) < 4.78 is 101. The first kappa shape index (κ1) is 78.6. The predicted octanol–water partition coefficient (Wildman–Crippen LogP) is 10.4. The molecule has 0 aliphatic heterocycles. The fraction of sp³-hybridized carbons (Fsp3) is 1.00. The van der Waals surface area contributed by atoms with Gasteiger partial charge < -0.3 is 69.7 Å². The second-order valence-corrected chi connectivity index (χ2v) is 21.2. The van der Waals surface area contributed by atoms with E-state index in [4.69, 9.17) is 0 Å². The van der Waals surface area contributed by atoms with E-state index in [1.54, 1.807) is 0 Å². The Morgan fingerprint density at radius 3 is 0.364 bits per heavy atom. The van der Waals surface area contributed by atoms with Gasteiger partial charge in [-0.3, -0.25) is 22.8 Å². The Hall–Kier alpha value is 1.13. The Kier molecular flexibility index (Phi) is 66.0. The Bertz CT molecular complexity index is 948. The molecule has 400 valence electrons. The number of phosphoric acid groups is 5. The largest absolute Gasteiger partial charge is 5.00 e. The van der Waals surface area contributed by atoms with Crippen molar-refractivity contribution in [3.8, 4) is 0 Å². The van der Waals surface area contributed by atoms with E-state index in [-0.39, 0.29) is 84.6 Å². The Balaban J connectivity index is -0.000000170. The van der Waals surface area contributed by atoms with Crippen molar-refractivity contribution in [3.63, 3.8) is 0 Å². The molecule has 0 saturated heterocycles. The SMILES string of the molecule is CCCCOP(=O)([O-])OCCCC.CCCCOP(=O)([O-])OCCCC.CCCCOP(=O)([O-])OCCCC.CCCCOP(=O)([O-])OCCCC.CCCCOP(=O)([O-])OCCCC.[V+5]. The Morgan fingerprint density at radius 1 is 0.227 bits per heavy atom. The van der Waals surface area contributed by atoms with Crippen LogP contribution >= 0.6 is 39.1 Å². The molecule has 0 aliphatic carbocycles. The molecule has 0 bridgehead atoms. The molecule has 0 saturated carbocycles. The maximum absolute atomic E-state index is 11.0. The fourth-order valence-corrected chi connectivity index (χ4v) is 7.29. The Labute approximate surface area is 412 Å². The first-order valence-corrected chi connectivity index (χ1v) is 30.9. The summed E-state index contributed by atoms with van der Waals surface area (Å²) >= 11 is 0. The van der Waals surface area contributed by atoms with Crippen LogP contribution in [0, 0.1) is 0 Å². The van der Waals surface area contributed by atoms with Crippen molar-refractivity contribution in [2.75, 3.05) is 66.1 Å². The monoisotopic (exact) mass is 1100 g/mol. The topological polar surface area (TPSA) is 293 Å². The van der Waals surface area contributed by atoms with Gasteiger partial charge in [-0.05, 0) is 64.2 Å². The summed E-state index contributed by atoms with van der Waals surface area (Å²) in [6.07, 6.45) is 16.5. The van der Waals surface area contributed by atoms with E-state index >= 15 is 0 Å². The summed E-state index contributed by atoms with van der Waals surface area (Å²) in [5, 5.41) is 0. The van der Waals surface area contributed by atoms with Crippen LogP contribution in [0.25, 0.3) is 0 Å². The number of unbranched alkanes of at least 4 members (excludes halogenated alkanes) is 10. The van der Waals surface area contributed by atoms with Gasteiger partial charge in [0.1, 0.15) is 0 Å². The van der Waals surface area contributed by atoms with Crippen molar-refractivity contribution in [1.29, 1.82) is 0 Å². The van der Waals surface area contributed by atoms with Crippen molar-refractivity contribution in [2.24, 2.45) is 0 Å². The van der Waals surface area contributed by atoms with Crippen molar-refractivity contribution >= 4 is 39.1 Å². The van der Waals surface area contributed by atoms with Crippen LogP contribution in [0.1, 0.15) is 198 Å². The molecule has 0 N–H and O–H groups in total. The molecule has 0 spiro atoms. The third kappa shape index (κ3) is 71.7. The molecule has 0 amide bonds. The van der Waals surface area contributed by atoms with Gasteiger partial charge in [-0.15, -0.1) is 0 Å². The third-order valence-corrected chi connectivity index (χ3v) is 12.5. The Morgan fingerprint density at radius 2 is 0.303 bits per heavy atom. The van der Waals surface area contributed by atoms with Gasteiger partial charge in [-0.25, -0.2) is 0 Å². The molecule has 26 heteroatoms. The molecule has 0 radical (unpaired) electrons. The van der Waals surface area contributed by atoms with E-state index in [9.17, 15) is 47.3 Å². The maximum atomic E-state index is 11.0. The summed E-state index contributed by atoms with van der Waals surface area (Å²) in [7, 11) is -20.0. The van der Waals surface area contributed by atoms with E-state index in [0.717, 1.165) is 128 Å². The van der Waals surface area contributed by atoms with Gasteiger partial charge >= 0.3 is 18.6 Å². The van der Waals surface area contributed by atoms with Gasteiger partial charge in [-0.2, -0.15) is 0 Å². The summed E-state index contributed by atoms with van der Waals surface area (Å²) in [5.41, 5.74) is 0. The molecule has 0 aliphatic rings. The van der Waals surface area contributed by atoms with Gasteiger partial charge in [0.25, 0.3) is 39.1 Å². The molecule has 0 rings (SSSR count). The van der Waals surface area contributed by atoms with E-state index < -0.39 is 39.1 Å². The van der Waals surface area contributed by atoms with E-state index in [1.807, 2.05) is 69.2 Å². The van der Waals surface area contributed by atoms with Crippen molar-refractivity contribution in [2.45, 2.75) is 198 Å². The molecule has 0 heterocycles. The van der Waals surface area contributed by atoms with Gasteiger partial charge in [0.05, 0.1) is 66.1 Å². The minimum Gasteiger partial charge on any atom is -0.756 e. The van der Waals surface area contributed by atoms with E-state index in [1.165, 1.54) is 0 Å². The molecule has 0 unspecified atom stereocenters. The van der Waals surface area contributed by atoms with E-state index in [0.29, 0.717) is 0 Å². The number of hydrogen-bond donors (Lipinski definition) is 0. The molecule has 0 aromatic carbocycles. The van der Waals surface area contributed by atoms with E-state index in [2.05, 4.69) is 45.2 Å². The second-order valence-electron chi connectivity index (χ2n) is 14.1. The molecule has 0 atom stereocenters. The number of hydrogen-bond acceptors (Lipinski definition) is 20. The number of rotatable bonds is 40. The van der Waals surface area contributed by atoms with Crippen LogP contribution < -0.4 is 24.5 Å². The predicted molar refractivity (Wildman–Crippen MR) is 247 cm³/mol. The third-order valence-electron chi connectivity index (χ3n) is 7.47. The molecular weight excluding hydrogens is 1010 g/mol. The van der Waals surface area contributed by atoms with Crippen molar-refractivity contribution in [1.82, 2.24) is 0 Å². The zero-order chi connectivity index (χ0) is 50.8.